The highest BCUT2D eigenvalue weighted by atomic mass is 14.7. The van der Waals surface area contributed by atoms with E-state index in [-0.39, 0.29) is 0 Å². The standard InChI is InChI=1S/C23H19N/c1-2-6-19-16(5-1)8-12-22-20-11-10-18(23-7-3-4-14-24-23)15-17(20)9-13-21(19)22/h3-4,7-15H,1-2,5-6H2. The number of nitrogens with zero attached hydrogens (tertiary/aromatic N) is 1. The summed E-state index contributed by atoms with van der Waals surface area (Å²) in [6.45, 7) is 0. The predicted molar refractivity (Wildman–Crippen MR) is 101 cm³/mol. The summed E-state index contributed by atoms with van der Waals surface area (Å²) in [6.07, 6.45) is 6.97. The van der Waals surface area contributed by atoms with Crippen LogP contribution in [0.2, 0.25) is 0 Å². The smallest absolute Gasteiger partial charge is 0.0702 e. The Morgan fingerprint density at radius 2 is 1.58 bits per heavy atom. The Bertz CT molecular complexity index is 1050. The summed E-state index contributed by atoms with van der Waals surface area (Å²) < 4.78 is 0. The van der Waals surface area contributed by atoms with Gasteiger partial charge in [-0.25, -0.2) is 0 Å². The van der Waals surface area contributed by atoms with Crippen LogP contribution in [0.25, 0.3) is 32.8 Å². The number of benzene rings is 3. The van der Waals surface area contributed by atoms with Gasteiger partial charge < -0.3 is 0 Å². The molecule has 0 saturated carbocycles. The van der Waals surface area contributed by atoms with E-state index < -0.39 is 0 Å². The molecule has 1 aliphatic rings. The van der Waals surface area contributed by atoms with Crippen molar-refractivity contribution in [2.75, 3.05) is 0 Å². The normalized spacial score (nSPS) is 14.0. The second-order valence-electron chi connectivity index (χ2n) is 6.72. The molecule has 0 unspecified atom stereocenters. The topological polar surface area (TPSA) is 12.9 Å². The molecule has 0 N–H and O–H groups in total. The van der Waals surface area contributed by atoms with Gasteiger partial charge in [-0.1, -0.05) is 42.5 Å². The largest absolute Gasteiger partial charge is 0.256 e. The number of hydrogen-bond acceptors (Lipinski definition) is 1. The molecule has 116 valence electrons. The van der Waals surface area contributed by atoms with Crippen LogP contribution in [0.5, 0.6) is 0 Å². The molecule has 0 fully saturated rings. The number of pyridine rings is 1. The van der Waals surface area contributed by atoms with Crippen molar-refractivity contribution in [2.24, 2.45) is 0 Å². The van der Waals surface area contributed by atoms with Crippen molar-refractivity contribution < 1.29 is 0 Å². The third kappa shape index (κ3) is 2.12. The Morgan fingerprint density at radius 3 is 2.50 bits per heavy atom. The van der Waals surface area contributed by atoms with Gasteiger partial charge in [-0.05, 0) is 76.6 Å². The Kier molecular flexibility index (Phi) is 3.12. The van der Waals surface area contributed by atoms with E-state index in [1.165, 1.54) is 52.8 Å². The molecule has 0 aliphatic heterocycles. The molecule has 1 aromatic heterocycles. The second-order valence-corrected chi connectivity index (χ2v) is 6.72. The van der Waals surface area contributed by atoms with Gasteiger partial charge in [0, 0.05) is 11.8 Å². The molecule has 1 heterocycles. The second kappa shape index (κ2) is 5.45. The first-order valence-corrected chi connectivity index (χ1v) is 8.79. The zero-order chi connectivity index (χ0) is 15.9. The highest BCUT2D eigenvalue weighted by Crippen LogP contribution is 2.34. The van der Waals surface area contributed by atoms with Gasteiger partial charge >= 0.3 is 0 Å². The van der Waals surface area contributed by atoms with Gasteiger partial charge in [-0.2, -0.15) is 0 Å². The van der Waals surface area contributed by atoms with Gasteiger partial charge in [0.1, 0.15) is 0 Å². The van der Waals surface area contributed by atoms with Crippen LogP contribution in [0.15, 0.2) is 66.9 Å². The van der Waals surface area contributed by atoms with Gasteiger partial charge in [0.05, 0.1) is 5.69 Å². The molecule has 24 heavy (non-hydrogen) atoms. The Morgan fingerprint density at radius 1 is 0.708 bits per heavy atom. The lowest BCUT2D eigenvalue weighted by molar-refractivity contribution is 0.690. The van der Waals surface area contributed by atoms with E-state index in [1.54, 1.807) is 11.1 Å². The average Bonchev–Trinajstić information content (AvgIpc) is 2.67. The molecule has 5 rings (SSSR count). The lowest BCUT2D eigenvalue weighted by atomic mass is 9.86. The minimum absolute atomic E-state index is 1.03. The maximum atomic E-state index is 4.48. The molecule has 4 aromatic rings. The van der Waals surface area contributed by atoms with E-state index >= 15 is 0 Å². The van der Waals surface area contributed by atoms with Crippen LogP contribution in [0.1, 0.15) is 24.0 Å². The van der Waals surface area contributed by atoms with Crippen molar-refractivity contribution in [3.63, 3.8) is 0 Å². The van der Waals surface area contributed by atoms with Gasteiger partial charge in [-0.15, -0.1) is 0 Å². The molecular formula is C23H19N. The summed E-state index contributed by atoms with van der Waals surface area (Å²) in [4.78, 5) is 4.48. The van der Waals surface area contributed by atoms with Crippen molar-refractivity contribution in [1.29, 1.82) is 0 Å². The summed E-state index contributed by atoms with van der Waals surface area (Å²) in [5, 5.41) is 5.48. The van der Waals surface area contributed by atoms with Crippen LogP contribution in [-0.4, -0.2) is 4.98 Å². The molecule has 0 saturated heterocycles. The minimum atomic E-state index is 1.03. The van der Waals surface area contributed by atoms with Crippen molar-refractivity contribution in [1.82, 2.24) is 4.98 Å². The zero-order valence-electron chi connectivity index (χ0n) is 13.6. The first-order valence-electron chi connectivity index (χ1n) is 8.79. The summed E-state index contributed by atoms with van der Waals surface area (Å²) in [6, 6.07) is 22.1. The van der Waals surface area contributed by atoms with Crippen LogP contribution >= 0.6 is 0 Å². The van der Waals surface area contributed by atoms with E-state index in [2.05, 4.69) is 53.5 Å². The zero-order valence-corrected chi connectivity index (χ0v) is 13.6. The molecule has 0 spiro atoms. The first kappa shape index (κ1) is 13.7. The summed E-state index contributed by atoms with van der Waals surface area (Å²) in [5.41, 5.74) is 5.35. The minimum Gasteiger partial charge on any atom is -0.256 e. The quantitative estimate of drug-likeness (QED) is 0.397. The predicted octanol–water partition coefficient (Wildman–Crippen LogP) is 5.93. The fourth-order valence-electron chi connectivity index (χ4n) is 4.09. The lowest BCUT2D eigenvalue weighted by Gasteiger charge is -2.18. The number of aromatic nitrogens is 1. The molecule has 1 nitrogen and oxygen atoms in total. The molecular weight excluding hydrogens is 290 g/mol. The number of aryl methyl sites for hydroxylation is 2. The van der Waals surface area contributed by atoms with E-state index in [0.29, 0.717) is 0 Å². The van der Waals surface area contributed by atoms with Gasteiger partial charge in [0.15, 0.2) is 0 Å². The fourth-order valence-corrected chi connectivity index (χ4v) is 4.09. The molecule has 3 aromatic carbocycles. The van der Waals surface area contributed by atoms with Crippen LogP contribution < -0.4 is 0 Å². The Balaban J connectivity index is 1.74. The average molecular weight is 309 g/mol. The van der Waals surface area contributed by atoms with Crippen LogP contribution in [0.3, 0.4) is 0 Å². The van der Waals surface area contributed by atoms with Crippen LogP contribution in [0, 0.1) is 0 Å². The highest BCUT2D eigenvalue weighted by molar-refractivity contribution is 6.09. The number of fused-ring (bicyclic) bond motifs is 5. The van der Waals surface area contributed by atoms with Crippen molar-refractivity contribution >= 4 is 21.5 Å². The SMILES string of the molecule is c1ccc(-c2ccc3c(ccc4c5c(ccc43)CCCC5)c2)nc1. The number of rotatable bonds is 1. The van der Waals surface area contributed by atoms with Crippen molar-refractivity contribution in [2.45, 2.75) is 25.7 Å². The maximum Gasteiger partial charge on any atom is 0.0702 e. The van der Waals surface area contributed by atoms with E-state index in [1.807, 2.05) is 18.3 Å². The third-order valence-corrected chi connectivity index (χ3v) is 5.31. The Hall–Kier alpha value is -2.67. The van der Waals surface area contributed by atoms with Gasteiger partial charge in [0.25, 0.3) is 0 Å². The Labute approximate surface area is 142 Å². The number of hydrogen-bond donors (Lipinski definition) is 0. The van der Waals surface area contributed by atoms with E-state index in [9.17, 15) is 0 Å². The molecule has 0 radical (unpaired) electrons. The van der Waals surface area contributed by atoms with E-state index in [0.717, 1.165) is 5.69 Å². The molecule has 0 amide bonds. The first-order chi connectivity index (χ1) is 11.9. The van der Waals surface area contributed by atoms with Gasteiger partial charge in [-0.3, -0.25) is 4.98 Å². The monoisotopic (exact) mass is 309 g/mol. The highest BCUT2D eigenvalue weighted by Gasteiger charge is 2.13. The molecule has 0 atom stereocenters. The van der Waals surface area contributed by atoms with Crippen LogP contribution in [-0.2, 0) is 12.8 Å². The van der Waals surface area contributed by atoms with Crippen molar-refractivity contribution in [3.05, 3.63) is 78.0 Å². The maximum absolute atomic E-state index is 4.48. The molecule has 1 aliphatic carbocycles. The van der Waals surface area contributed by atoms with Crippen molar-refractivity contribution in [3.8, 4) is 11.3 Å². The summed E-state index contributed by atoms with van der Waals surface area (Å²) in [5.74, 6) is 0. The fraction of sp³-hybridized carbons (Fsp3) is 0.174. The molecule has 0 bridgehead atoms. The lowest BCUT2D eigenvalue weighted by Crippen LogP contribution is -2.03. The third-order valence-electron chi connectivity index (χ3n) is 5.31. The van der Waals surface area contributed by atoms with E-state index in [4.69, 9.17) is 0 Å². The molecule has 1 heteroatoms. The van der Waals surface area contributed by atoms with Crippen LogP contribution in [0.4, 0.5) is 0 Å². The summed E-state index contributed by atoms with van der Waals surface area (Å²) >= 11 is 0. The van der Waals surface area contributed by atoms with Gasteiger partial charge in [0.2, 0.25) is 0 Å². The summed E-state index contributed by atoms with van der Waals surface area (Å²) in [7, 11) is 0.